The Bertz CT molecular complexity index is 384. The molecule has 0 N–H and O–H groups in total. The van der Waals surface area contributed by atoms with Crippen LogP contribution in [0.3, 0.4) is 0 Å². The normalized spacial score (nSPS) is 13.5. The monoisotopic (exact) mass is 195 g/mol. The van der Waals surface area contributed by atoms with E-state index in [0.717, 1.165) is 0 Å². The fraction of sp³-hybridized carbons (Fsp3) is 0.222. The van der Waals surface area contributed by atoms with Crippen LogP contribution in [0.25, 0.3) is 0 Å². The van der Waals surface area contributed by atoms with Gasteiger partial charge in [0.25, 0.3) is 0 Å². The molecule has 0 saturated heterocycles. The second-order valence-electron chi connectivity index (χ2n) is 2.56. The maximum atomic E-state index is 8.76. The Morgan fingerprint density at radius 2 is 1.92 bits per heavy atom. The van der Waals surface area contributed by atoms with Gasteiger partial charge in [-0.3, -0.25) is 0 Å². The van der Waals surface area contributed by atoms with E-state index in [1.165, 1.54) is 0 Å². The molecule has 1 aliphatic rings. The van der Waals surface area contributed by atoms with Crippen molar-refractivity contribution in [2.45, 2.75) is 0 Å². The van der Waals surface area contributed by atoms with Gasteiger partial charge in [-0.05, 0) is 12.1 Å². The van der Waals surface area contributed by atoms with Gasteiger partial charge in [0.05, 0.1) is 10.6 Å². The zero-order valence-corrected chi connectivity index (χ0v) is 7.47. The van der Waals surface area contributed by atoms with Crippen LogP contribution in [0.1, 0.15) is 5.56 Å². The first-order valence-corrected chi connectivity index (χ1v) is 4.19. The average molecular weight is 196 g/mol. The fourth-order valence-electron chi connectivity index (χ4n) is 1.19. The molecule has 0 radical (unpaired) electrons. The zero-order chi connectivity index (χ0) is 9.26. The summed E-state index contributed by atoms with van der Waals surface area (Å²) in [7, 11) is 0. The summed E-state index contributed by atoms with van der Waals surface area (Å²) in [6, 6.07) is 5.27. The Morgan fingerprint density at radius 3 is 2.62 bits per heavy atom. The third-order valence-electron chi connectivity index (χ3n) is 1.76. The SMILES string of the molecule is N#Cc1ccc(Cl)c2c1OCCO2. The van der Waals surface area contributed by atoms with Gasteiger partial charge in [0, 0.05) is 0 Å². The van der Waals surface area contributed by atoms with E-state index >= 15 is 0 Å². The maximum Gasteiger partial charge on any atom is 0.181 e. The molecule has 0 saturated carbocycles. The molecule has 2 rings (SSSR count). The minimum absolute atomic E-state index is 0.458. The number of nitrogens with zero attached hydrogens (tertiary/aromatic N) is 1. The highest BCUT2D eigenvalue weighted by Gasteiger charge is 2.18. The molecule has 0 amide bonds. The van der Waals surface area contributed by atoms with Gasteiger partial charge in [-0.15, -0.1) is 0 Å². The van der Waals surface area contributed by atoms with E-state index in [1.807, 2.05) is 6.07 Å². The molecule has 0 unspecified atom stereocenters. The van der Waals surface area contributed by atoms with Gasteiger partial charge in [-0.25, -0.2) is 0 Å². The smallest absolute Gasteiger partial charge is 0.181 e. The highest BCUT2D eigenvalue weighted by molar-refractivity contribution is 6.32. The van der Waals surface area contributed by atoms with Crippen molar-refractivity contribution in [2.24, 2.45) is 0 Å². The zero-order valence-electron chi connectivity index (χ0n) is 6.71. The molecule has 1 aromatic carbocycles. The van der Waals surface area contributed by atoms with Crippen molar-refractivity contribution in [1.82, 2.24) is 0 Å². The van der Waals surface area contributed by atoms with Gasteiger partial charge in [0.1, 0.15) is 19.3 Å². The molecule has 66 valence electrons. The van der Waals surface area contributed by atoms with E-state index in [0.29, 0.717) is 35.3 Å². The van der Waals surface area contributed by atoms with Crippen molar-refractivity contribution < 1.29 is 9.47 Å². The standard InChI is InChI=1S/C9H6ClNO2/c10-7-2-1-6(5-11)8-9(7)13-4-3-12-8/h1-2H,3-4H2. The molecule has 1 heterocycles. The number of hydrogen-bond donors (Lipinski definition) is 0. The summed E-state index contributed by atoms with van der Waals surface area (Å²) in [6.45, 7) is 0.934. The van der Waals surface area contributed by atoms with Gasteiger partial charge in [-0.1, -0.05) is 11.6 Å². The number of benzene rings is 1. The number of rotatable bonds is 0. The lowest BCUT2D eigenvalue weighted by Gasteiger charge is -2.19. The topological polar surface area (TPSA) is 42.2 Å². The van der Waals surface area contributed by atoms with Crippen LogP contribution in [0.4, 0.5) is 0 Å². The van der Waals surface area contributed by atoms with Crippen molar-refractivity contribution in [2.75, 3.05) is 13.2 Å². The van der Waals surface area contributed by atoms with Gasteiger partial charge in [0.2, 0.25) is 0 Å². The Morgan fingerprint density at radius 1 is 1.23 bits per heavy atom. The highest BCUT2D eigenvalue weighted by atomic mass is 35.5. The van der Waals surface area contributed by atoms with E-state index in [2.05, 4.69) is 0 Å². The third-order valence-corrected chi connectivity index (χ3v) is 2.06. The van der Waals surface area contributed by atoms with E-state index in [9.17, 15) is 0 Å². The van der Waals surface area contributed by atoms with E-state index in [1.54, 1.807) is 12.1 Å². The summed E-state index contributed by atoms with van der Waals surface area (Å²) in [5, 5.41) is 9.24. The molecule has 0 spiro atoms. The Labute approximate surface area is 80.4 Å². The highest BCUT2D eigenvalue weighted by Crippen LogP contribution is 2.39. The van der Waals surface area contributed by atoms with E-state index in [-0.39, 0.29) is 0 Å². The lowest BCUT2D eigenvalue weighted by Crippen LogP contribution is -2.16. The van der Waals surface area contributed by atoms with Gasteiger partial charge in [0.15, 0.2) is 11.5 Å². The van der Waals surface area contributed by atoms with Crippen LogP contribution in [0.5, 0.6) is 11.5 Å². The number of halogens is 1. The molecule has 0 bridgehead atoms. The van der Waals surface area contributed by atoms with Crippen LogP contribution in [0, 0.1) is 11.3 Å². The Balaban J connectivity index is 2.61. The Kier molecular flexibility index (Phi) is 1.99. The van der Waals surface area contributed by atoms with E-state index in [4.69, 9.17) is 26.3 Å². The number of nitriles is 1. The van der Waals surface area contributed by atoms with Gasteiger partial charge < -0.3 is 9.47 Å². The van der Waals surface area contributed by atoms with Crippen molar-refractivity contribution in [3.8, 4) is 17.6 Å². The average Bonchev–Trinajstić information content (AvgIpc) is 2.19. The van der Waals surface area contributed by atoms with Crippen LogP contribution < -0.4 is 9.47 Å². The summed E-state index contributed by atoms with van der Waals surface area (Å²) in [4.78, 5) is 0. The molecule has 3 nitrogen and oxygen atoms in total. The van der Waals surface area contributed by atoms with Crippen LogP contribution in [-0.4, -0.2) is 13.2 Å². The van der Waals surface area contributed by atoms with E-state index < -0.39 is 0 Å². The number of ether oxygens (including phenoxy) is 2. The second kappa shape index (κ2) is 3.15. The molecule has 0 fully saturated rings. The first kappa shape index (κ1) is 8.21. The third kappa shape index (κ3) is 1.30. The van der Waals surface area contributed by atoms with Crippen LogP contribution >= 0.6 is 11.6 Å². The summed E-state index contributed by atoms with van der Waals surface area (Å²) in [5.74, 6) is 0.938. The van der Waals surface area contributed by atoms with Crippen molar-refractivity contribution in [3.63, 3.8) is 0 Å². The quantitative estimate of drug-likeness (QED) is 0.636. The summed E-state index contributed by atoms with van der Waals surface area (Å²) >= 11 is 5.86. The number of fused-ring (bicyclic) bond motifs is 1. The fourth-order valence-corrected chi connectivity index (χ4v) is 1.40. The molecular weight excluding hydrogens is 190 g/mol. The maximum absolute atomic E-state index is 8.76. The molecule has 1 aliphatic heterocycles. The predicted molar refractivity (Wildman–Crippen MR) is 47.2 cm³/mol. The van der Waals surface area contributed by atoms with Gasteiger partial charge in [-0.2, -0.15) is 5.26 Å². The second-order valence-corrected chi connectivity index (χ2v) is 2.97. The van der Waals surface area contributed by atoms with Crippen LogP contribution in [0.2, 0.25) is 5.02 Å². The lowest BCUT2D eigenvalue weighted by atomic mass is 10.2. The summed E-state index contributed by atoms with van der Waals surface area (Å²) < 4.78 is 10.6. The van der Waals surface area contributed by atoms with Gasteiger partial charge >= 0.3 is 0 Å². The molecule has 13 heavy (non-hydrogen) atoms. The minimum atomic E-state index is 0.458. The molecule has 1 aromatic rings. The first-order chi connectivity index (χ1) is 6.33. The minimum Gasteiger partial charge on any atom is -0.485 e. The van der Waals surface area contributed by atoms with Crippen molar-refractivity contribution >= 4 is 11.6 Å². The number of hydrogen-bond acceptors (Lipinski definition) is 3. The molecule has 4 heteroatoms. The first-order valence-electron chi connectivity index (χ1n) is 3.81. The molecular formula is C9H6ClNO2. The predicted octanol–water partition coefficient (Wildman–Crippen LogP) is 1.98. The summed E-state index contributed by atoms with van der Waals surface area (Å²) in [5.41, 5.74) is 0.458. The summed E-state index contributed by atoms with van der Waals surface area (Å²) in [6.07, 6.45) is 0. The largest absolute Gasteiger partial charge is 0.485 e. The molecule has 0 aliphatic carbocycles. The van der Waals surface area contributed by atoms with Crippen molar-refractivity contribution in [3.05, 3.63) is 22.7 Å². The molecule has 0 aromatic heterocycles. The van der Waals surface area contributed by atoms with Crippen LogP contribution in [-0.2, 0) is 0 Å². The Hall–Kier alpha value is -1.40. The molecule has 0 atom stereocenters. The lowest BCUT2D eigenvalue weighted by molar-refractivity contribution is 0.171. The van der Waals surface area contributed by atoms with Crippen molar-refractivity contribution in [1.29, 1.82) is 5.26 Å². The van der Waals surface area contributed by atoms with Crippen LogP contribution in [0.15, 0.2) is 12.1 Å².